The predicted octanol–water partition coefficient (Wildman–Crippen LogP) is 7.10. The Bertz CT molecular complexity index is 2200. The molecule has 18 heteroatoms. The summed E-state index contributed by atoms with van der Waals surface area (Å²) in [6.45, 7) is 1.70. The summed E-state index contributed by atoms with van der Waals surface area (Å²) >= 11 is 6.70. The smallest absolute Gasteiger partial charge is 0.417 e. The van der Waals surface area contributed by atoms with Gasteiger partial charge in [0.05, 0.1) is 26.2 Å². The van der Waals surface area contributed by atoms with Crippen molar-refractivity contribution in [2.75, 3.05) is 16.9 Å². The van der Waals surface area contributed by atoms with Crippen LogP contribution in [-0.4, -0.2) is 42.5 Å². The molecule has 4 amide bonds. The van der Waals surface area contributed by atoms with Gasteiger partial charge in [-0.3, -0.25) is 25.4 Å². The van der Waals surface area contributed by atoms with Gasteiger partial charge in [-0.25, -0.2) is 18.2 Å². The minimum absolute atomic E-state index is 0.0919. The highest BCUT2D eigenvalue weighted by molar-refractivity contribution is 7.90. The first kappa shape index (κ1) is 35.8. The number of thiazole rings is 1. The first-order chi connectivity index (χ1) is 23.6. The Hall–Kier alpha value is -5.52. The standard InChI is InChI=1S/C32H24ClF3N6O6S2/c1-17-38-27(18-3-10-23(11-4-18)50(2,46)47)28(49-17)30(44)42-41-29(43)26-16-22(13-14-37-26)48-21-8-5-19(6-9-21)39-31(45)40-20-7-12-25(33)24(15-20)32(34,35)36/h3-16H,1-2H3,(H,41,43)(H,42,44)(H2,39,40,45). The number of nitrogens with one attached hydrogen (secondary N) is 4. The van der Waals surface area contributed by atoms with Crippen LogP contribution in [0.5, 0.6) is 11.5 Å². The Labute approximate surface area is 291 Å². The molecule has 258 valence electrons. The highest BCUT2D eigenvalue weighted by atomic mass is 35.5. The number of hydrogen-bond acceptors (Lipinski definition) is 9. The fourth-order valence-electron chi connectivity index (χ4n) is 4.33. The van der Waals surface area contributed by atoms with Gasteiger partial charge in [0.2, 0.25) is 0 Å². The van der Waals surface area contributed by atoms with Gasteiger partial charge in [-0.2, -0.15) is 13.2 Å². The highest BCUT2D eigenvalue weighted by Crippen LogP contribution is 2.36. The summed E-state index contributed by atoms with van der Waals surface area (Å²) in [5.41, 5.74) is 4.47. The Morgan fingerprint density at radius 2 is 1.48 bits per heavy atom. The molecule has 0 aliphatic carbocycles. The van der Waals surface area contributed by atoms with Crippen LogP contribution in [0, 0.1) is 6.92 Å². The van der Waals surface area contributed by atoms with Crippen LogP contribution < -0.4 is 26.2 Å². The first-order valence-corrected chi connectivity index (χ1v) is 17.2. The Morgan fingerprint density at radius 1 is 0.840 bits per heavy atom. The maximum atomic E-state index is 13.1. The number of ether oxygens (including phenoxy) is 1. The summed E-state index contributed by atoms with van der Waals surface area (Å²) in [4.78, 5) is 46.9. The van der Waals surface area contributed by atoms with Crippen LogP contribution in [0.15, 0.2) is 90.0 Å². The third-order valence-electron chi connectivity index (χ3n) is 6.63. The van der Waals surface area contributed by atoms with Crippen molar-refractivity contribution in [3.05, 3.63) is 111 Å². The molecule has 2 heterocycles. The van der Waals surface area contributed by atoms with Crippen molar-refractivity contribution in [2.24, 2.45) is 0 Å². The molecule has 5 aromatic rings. The maximum absolute atomic E-state index is 13.1. The van der Waals surface area contributed by atoms with Crippen molar-refractivity contribution in [3.63, 3.8) is 0 Å². The quantitative estimate of drug-likeness (QED) is 0.122. The molecule has 0 atom stereocenters. The molecule has 0 unspecified atom stereocenters. The fraction of sp³-hybridized carbons (Fsp3) is 0.0938. The number of amides is 4. The molecular weight excluding hydrogens is 721 g/mol. The number of hydrazine groups is 1. The third kappa shape index (κ3) is 8.93. The van der Waals surface area contributed by atoms with Crippen molar-refractivity contribution in [1.82, 2.24) is 20.8 Å². The molecule has 4 N–H and O–H groups in total. The summed E-state index contributed by atoms with van der Waals surface area (Å²) in [7, 11) is -3.41. The number of urea groups is 1. The lowest BCUT2D eigenvalue weighted by Crippen LogP contribution is -2.41. The van der Waals surface area contributed by atoms with E-state index in [1.54, 1.807) is 6.92 Å². The monoisotopic (exact) mass is 744 g/mol. The highest BCUT2D eigenvalue weighted by Gasteiger charge is 2.33. The van der Waals surface area contributed by atoms with Gasteiger partial charge in [0.15, 0.2) is 9.84 Å². The molecule has 12 nitrogen and oxygen atoms in total. The number of carbonyl (C=O) groups is 3. The number of aryl methyl sites for hydroxylation is 1. The fourth-order valence-corrected chi connectivity index (χ4v) is 6.02. The third-order valence-corrected chi connectivity index (χ3v) is 9.05. The van der Waals surface area contributed by atoms with Crippen LogP contribution in [0.4, 0.5) is 29.3 Å². The number of hydrogen-bond donors (Lipinski definition) is 4. The van der Waals surface area contributed by atoms with Crippen LogP contribution in [0.3, 0.4) is 0 Å². The van der Waals surface area contributed by atoms with Crippen LogP contribution in [-0.2, 0) is 16.0 Å². The van der Waals surface area contributed by atoms with E-state index in [0.717, 1.165) is 29.7 Å². The molecule has 0 saturated carbocycles. The van der Waals surface area contributed by atoms with Gasteiger partial charge in [0, 0.05) is 35.5 Å². The molecule has 5 rings (SSSR count). The lowest BCUT2D eigenvalue weighted by Gasteiger charge is -2.13. The average molecular weight is 745 g/mol. The Morgan fingerprint density at radius 3 is 2.14 bits per heavy atom. The molecule has 50 heavy (non-hydrogen) atoms. The number of nitrogens with zero attached hydrogens (tertiary/aromatic N) is 2. The Kier molecular flexibility index (Phi) is 10.4. The molecule has 3 aromatic carbocycles. The lowest BCUT2D eigenvalue weighted by molar-refractivity contribution is -0.137. The molecule has 0 bridgehead atoms. The number of carbonyl (C=O) groups excluding carboxylic acids is 3. The topological polar surface area (TPSA) is 168 Å². The van der Waals surface area contributed by atoms with Gasteiger partial charge >= 0.3 is 12.2 Å². The zero-order valence-corrected chi connectivity index (χ0v) is 28.1. The zero-order chi connectivity index (χ0) is 36.2. The number of sulfone groups is 1. The average Bonchev–Trinajstić information content (AvgIpc) is 3.46. The van der Waals surface area contributed by atoms with E-state index in [0.29, 0.717) is 27.7 Å². The molecule has 0 radical (unpaired) electrons. The van der Waals surface area contributed by atoms with Crippen LogP contribution >= 0.6 is 22.9 Å². The van der Waals surface area contributed by atoms with Crippen molar-refractivity contribution < 1.29 is 40.7 Å². The summed E-state index contributed by atoms with van der Waals surface area (Å²) < 4.78 is 68.7. The number of pyridine rings is 1. The van der Waals surface area contributed by atoms with E-state index in [1.807, 2.05) is 0 Å². The van der Waals surface area contributed by atoms with Gasteiger partial charge in [-0.15, -0.1) is 11.3 Å². The van der Waals surface area contributed by atoms with Crippen LogP contribution in [0.1, 0.15) is 30.7 Å². The number of rotatable bonds is 8. The molecule has 0 aliphatic rings. The second-order valence-electron chi connectivity index (χ2n) is 10.4. The number of alkyl halides is 3. The molecule has 0 aliphatic heterocycles. The second kappa shape index (κ2) is 14.5. The maximum Gasteiger partial charge on any atom is 0.417 e. The van der Waals surface area contributed by atoms with E-state index in [4.69, 9.17) is 16.3 Å². The summed E-state index contributed by atoms with van der Waals surface area (Å²) in [6.07, 6.45) is -2.29. The van der Waals surface area contributed by atoms with Gasteiger partial charge < -0.3 is 15.4 Å². The zero-order valence-electron chi connectivity index (χ0n) is 25.8. The summed E-state index contributed by atoms with van der Waals surface area (Å²) in [6, 6.07) is 16.9. The van der Waals surface area contributed by atoms with Gasteiger partial charge in [0.25, 0.3) is 11.8 Å². The van der Waals surface area contributed by atoms with E-state index in [2.05, 4.69) is 31.5 Å². The van der Waals surface area contributed by atoms with Gasteiger partial charge in [-0.05, 0) is 67.6 Å². The molecule has 0 fully saturated rings. The Balaban J connectivity index is 1.17. The largest absolute Gasteiger partial charge is 0.457 e. The normalized spacial score (nSPS) is 11.4. The van der Waals surface area contributed by atoms with Crippen LogP contribution in [0.2, 0.25) is 5.02 Å². The van der Waals surface area contributed by atoms with Crippen molar-refractivity contribution in [1.29, 1.82) is 0 Å². The number of benzene rings is 3. The van der Waals surface area contributed by atoms with E-state index in [9.17, 15) is 36.0 Å². The van der Waals surface area contributed by atoms with Gasteiger partial charge in [-0.1, -0.05) is 23.7 Å². The SMILES string of the molecule is Cc1nc(-c2ccc(S(C)(=O)=O)cc2)c(C(=O)NNC(=O)c2cc(Oc3ccc(NC(=O)Nc4ccc(Cl)c(C(F)(F)F)c4)cc3)ccn2)s1. The van der Waals surface area contributed by atoms with E-state index >= 15 is 0 Å². The van der Waals surface area contributed by atoms with E-state index < -0.39 is 44.4 Å². The van der Waals surface area contributed by atoms with Crippen molar-refractivity contribution >= 4 is 62.0 Å². The minimum atomic E-state index is -4.69. The number of aromatic nitrogens is 2. The second-order valence-corrected chi connectivity index (χ2v) is 14.0. The summed E-state index contributed by atoms with van der Waals surface area (Å²) in [5.74, 6) is -0.874. The van der Waals surface area contributed by atoms with E-state index in [-0.39, 0.29) is 26.9 Å². The number of anilines is 2. The van der Waals surface area contributed by atoms with Crippen LogP contribution in [0.25, 0.3) is 11.3 Å². The van der Waals surface area contributed by atoms with E-state index in [1.165, 1.54) is 72.9 Å². The first-order valence-electron chi connectivity index (χ1n) is 14.1. The van der Waals surface area contributed by atoms with Crippen molar-refractivity contribution in [3.8, 4) is 22.8 Å². The predicted molar refractivity (Wildman–Crippen MR) is 180 cm³/mol. The van der Waals surface area contributed by atoms with Gasteiger partial charge in [0.1, 0.15) is 22.1 Å². The lowest BCUT2D eigenvalue weighted by atomic mass is 10.1. The number of halogens is 4. The molecule has 0 saturated heterocycles. The summed E-state index contributed by atoms with van der Waals surface area (Å²) in [5, 5.41) is 4.88. The molecule has 2 aromatic heterocycles. The molecule has 0 spiro atoms. The van der Waals surface area contributed by atoms with Crippen molar-refractivity contribution in [2.45, 2.75) is 18.0 Å². The molecular formula is C32H24ClF3N6O6S2. The minimum Gasteiger partial charge on any atom is -0.457 e.